The van der Waals surface area contributed by atoms with Crippen molar-refractivity contribution < 1.29 is 28.3 Å². The molecule has 1 aromatic heterocycles. The van der Waals surface area contributed by atoms with Crippen molar-refractivity contribution in [1.29, 1.82) is 0 Å². The minimum atomic E-state index is -0.679. The highest BCUT2D eigenvalue weighted by Crippen LogP contribution is 2.49. The van der Waals surface area contributed by atoms with Gasteiger partial charge in [-0.3, -0.25) is 19.3 Å². The number of nitrogens with zero attached hydrogens (tertiary/aromatic N) is 1. The fourth-order valence-corrected chi connectivity index (χ4v) is 5.36. The zero-order valence-electron chi connectivity index (χ0n) is 18.5. The molecule has 0 radical (unpaired) electrons. The summed E-state index contributed by atoms with van der Waals surface area (Å²) in [5.74, 6) is -2.16. The van der Waals surface area contributed by atoms with Crippen LogP contribution in [-0.2, 0) is 30.3 Å². The first kappa shape index (κ1) is 21.4. The predicted octanol–water partition coefficient (Wildman–Crippen LogP) is 3.85. The van der Waals surface area contributed by atoms with Gasteiger partial charge in [0.1, 0.15) is 11.3 Å². The second kappa shape index (κ2) is 8.48. The van der Waals surface area contributed by atoms with Gasteiger partial charge in [0.05, 0.1) is 30.7 Å². The van der Waals surface area contributed by atoms with Crippen LogP contribution in [0.4, 0.5) is 5.69 Å². The third kappa shape index (κ3) is 3.43. The highest BCUT2D eigenvalue weighted by molar-refractivity contribution is 6.21. The Kier molecular flexibility index (Phi) is 5.50. The van der Waals surface area contributed by atoms with Crippen molar-refractivity contribution in [2.45, 2.75) is 31.8 Å². The average Bonchev–Trinajstić information content (AvgIpc) is 3.35. The maximum atomic E-state index is 13.7. The number of furan rings is 1. The number of para-hydroxylation sites is 2. The first-order chi connectivity index (χ1) is 16.0. The molecule has 1 unspecified atom stereocenters. The standard InChI is InChI=1S/C26H25NO6/c1-3-32-24-18(26(30)31-2)13-20-22(16-11-7-8-12-19(16)33-20)23(24)17-14-21(28)27(25(17)29)15-9-5-4-6-10-15/h4-12,17-18,23-24H,3,13-14H2,1-2H3/t17?,18-,23-,24-/m1/s1. The molecule has 4 atom stereocenters. The molecule has 0 bridgehead atoms. The molecule has 5 rings (SSSR count). The van der Waals surface area contributed by atoms with Crippen LogP contribution in [0.1, 0.15) is 30.6 Å². The topological polar surface area (TPSA) is 86.1 Å². The van der Waals surface area contributed by atoms with Crippen LogP contribution >= 0.6 is 0 Å². The summed E-state index contributed by atoms with van der Waals surface area (Å²) in [5.41, 5.74) is 2.08. The largest absolute Gasteiger partial charge is 0.469 e. The predicted molar refractivity (Wildman–Crippen MR) is 121 cm³/mol. The molecule has 170 valence electrons. The molecule has 33 heavy (non-hydrogen) atoms. The molecular formula is C26H25NO6. The smallest absolute Gasteiger partial charge is 0.311 e. The van der Waals surface area contributed by atoms with Crippen molar-refractivity contribution in [1.82, 2.24) is 0 Å². The van der Waals surface area contributed by atoms with Gasteiger partial charge in [0.15, 0.2) is 0 Å². The van der Waals surface area contributed by atoms with Gasteiger partial charge in [-0.05, 0) is 25.1 Å². The molecule has 2 aromatic carbocycles. The third-order valence-corrected chi connectivity index (χ3v) is 6.69. The SMILES string of the molecule is CCO[C@@H]1[C@H](C(=O)OC)Cc2oc3ccccc3c2[C@H]1C1CC(=O)N(c2ccccc2)C1=O. The number of anilines is 1. The molecule has 3 aromatic rings. The summed E-state index contributed by atoms with van der Waals surface area (Å²) in [4.78, 5) is 40.7. The van der Waals surface area contributed by atoms with E-state index in [9.17, 15) is 14.4 Å². The molecule has 0 spiro atoms. The molecule has 0 N–H and O–H groups in total. The highest BCUT2D eigenvalue weighted by atomic mass is 16.5. The highest BCUT2D eigenvalue weighted by Gasteiger charge is 2.53. The van der Waals surface area contributed by atoms with Crippen LogP contribution in [0.2, 0.25) is 0 Å². The monoisotopic (exact) mass is 447 g/mol. The van der Waals surface area contributed by atoms with Crippen molar-refractivity contribution in [3.63, 3.8) is 0 Å². The van der Waals surface area contributed by atoms with Crippen molar-refractivity contribution >= 4 is 34.4 Å². The summed E-state index contributed by atoms with van der Waals surface area (Å²) in [7, 11) is 1.34. The lowest BCUT2D eigenvalue weighted by Gasteiger charge is -2.38. The maximum absolute atomic E-state index is 13.7. The Labute approximate surface area is 191 Å². The van der Waals surface area contributed by atoms with E-state index in [2.05, 4.69) is 0 Å². The van der Waals surface area contributed by atoms with Gasteiger partial charge in [0.25, 0.3) is 0 Å². The Bertz CT molecular complexity index is 1220. The van der Waals surface area contributed by atoms with Gasteiger partial charge < -0.3 is 13.9 Å². The number of esters is 1. The Morgan fingerprint density at radius 3 is 2.52 bits per heavy atom. The Hall–Kier alpha value is -3.45. The fourth-order valence-electron chi connectivity index (χ4n) is 5.36. The molecule has 1 aliphatic heterocycles. The number of rotatable bonds is 5. The van der Waals surface area contributed by atoms with Gasteiger partial charge in [-0.1, -0.05) is 36.4 Å². The number of carbonyl (C=O) groups is 3. The van der Waals surface area contributed by atoms with E-state index in [1.807, 2.05) is 37.3 Å². The third-order valence-electron chi connectivity index (χ3n) is 6.69. The van der Waals surface area contributed by atoms with Gasteiger partial charge in [0.2, 0.25) is 11.8 Å². The van der Waals surface area contributed by atoms with E-state index in [4.69, 9.17) is 13.9 Å². The van der Waals surface area contributed by atoms with Crippen molar-refractivity contribution in [2.75, 3.05) is 18.6 Å². The van der Waals surface area contributed by atoms with Crippen LogP contribution in [0.3, 0.4) is 0 Å². The molecule has 1 fully saturated rings. The molecule has 0 saturated carbocycles. The number of benzene rings is 2. The molecule has 1 aliphatic carbocycles. The van der Waals surface area contributed by atoms with E-state index < -0.39 is 29.8 Å². The number of hydrogen-bond donors (Lipinski definition) is 0. The summed E-state index contributed by atoms with van der Waals surface area (Å²) >= 11 is 0. The number of imide groups is 1. The van der Waals surface area contributed by atoms with Gasteiger partial charge in [-0.15, -0.1) is 0 Å². The molecule has 7 heteroatoms. The molecule has 1 saturated heterocycles. The van der Waals surface area contributed by atoms with Gasteiger partial charge in [-0.25, -0.2) is 0 Å². The van der Waals surface area contributed by atoms with E-state index in [-0.39, 0.29) is 18.2 Å². The van der Waals surface area contributed by atoms with Crippen LogP contribution in [0.5, 0.6) is 0 Å². The molecular weight excluding hydrogens is 422 g/mol. The van der Waals surface area contributed by atoms with E-state index in [0.29, 0.717) is 30.1 Å². The van der Waals surface area contributed by atoms with Crippen molar-refractivity contribution in [3.05, 3.63) is 65.9 Å². The van der Waals surface area contributed by atoms with Crippen LogP contribution < -0.4 is 4.90 Å². The molecule has 7 nitrogen and oxygen atoms in total. The Morgan fingerprint density at radius 1 is 1.06 bits per heavy atom. The fraction of sp³-hybridized carbons (Fsp3) is 0.346. The van der Waals surface area contributed by atoms with E-state index in [0.717, 1.165) is 10.9 Å². The van der Waals surface area contributed by atoms with Crippen LogP contribution in [-0.4, -0.2) is 37.6 Å². The number of carbonyl (C=O) groups excluding carboxylic acids is 3. The summed E-state index contributed by atoms with van der Waals surface area (Å²) in [6, 6.07) is 16.5. The van der Waals surface area contributed by atoms with E-state index in [1.54, 1.807) is 24.3 Å². The lowest BCUT2D eigenvalue weighted by Crippen LogP contribution is -2.45. The molecule has 2 amide bonds. The van der Waals surface area contributed by atoms with Crippen molar-refractivity contribution in [3.8, 4) is 0 Å². The number of ether oxygens (including phenoxy) is 2. The van der Waals surface area contributed by atoms with Gasteiger partial charge in [0, 0.05) is 36.3 Å². The quantitative estimate of drug-likeness (QED) is 0.436. The minimum absolute atomic E-state index is 0.0365. The summed E-state index contributed by atoms with van der Waals surface area (Å²) in [6.45, 7) is 2.21. The summed E-state index contributed by atoms with van der Waals surface area (Å²) in [6.07, 6.45) is -0.266. The van der Waals surface area contributed by atoms with Crippen LogP contribution in [0, 0.1) is 11.8 Å². The Morgan fingerprint density at radius 2 is 1.79 bits per heavy atom. The molecule has 2 aliphatic rings. The van der Waals surface area contributed by atoms with Crippen LogP contribution in [0.15, 0.2) is 59.0 Å². The first-order valence-corrected chi connectivity index (χ1v) is 11.2. The number of fused-ring (bicyclic) bond motifs is 3. The first-order valence-electron chi connectivity index (χ1n) is 11.2. The number of methoxy groups -OCH3 is 1. The summed E-state index contributed by atoms with van der Waals surface area (Å²) < 4.78 is 17.3. The van der Waals surface area contributed by atoms with Crippen molar-refractivity contribution in [2.24, 2.45) is 11.8 Å². The number of hydrogen-bond acceptors (Lipinski definition) is 6. The Balaban J connectivity index is 1.66. The summed E-state index contributed by atoms with van der Waals surface area (Å²) in [5, 5.41) is 0.879. The zero-order valence-corrected chi connectivity index (χ0v) is 18.5. The lowest BCUT2D eigenvalue weighted by atomic mass is 9.70. The maximum Gasteiger partial charge on any atom is 0.311 e. The normalized spacial score (nSPS) is 24.8. The lowest BCUT2D eigenvalue weighted by molar-refractivity contribution is -0.154. The second-order valence-electron chi connectivity index (χ2n) is 8.43. The minimum Gasteiger partial charge on any atom is -0.469 e. The number of amides is 2. The van der Waals surface area contributed by atoms with E-state index in [1.165, 1.54) is 12.0 Å². The van der Waals surface area contributed by atoms with Crippen LogP contribution in [0.25, 0.3) is 11.0 Å². The zero-order chi connectivity index (χ0) is 23.1. The second-order valence-corrected chi connectivity index (χ2v) is 8.43. The molecule has 2 heterocycles. The van der Waals surface area contributed by atoms with Gasteiger partial charge in [-0.2, -0.15) is 0 Å². The van der Waals surface area contributed by atoms with Gasteiger partial charge >= 0.3 is 5.97 Å². The van der Waals surface area contributed by atoms with E-state index >= 15 is 0 Å². The average molecular weight is 447 g/mol.